The highest BCUT2D eigenvalue weighted by Crippen LogP contribution is 2.20. The molecule has 0 spiro atoms. The van der Waals surface area contributed by atoms with Gasteiger partial charge in [0.15, 0.2) is 6.61 Å². The smallest absolute Gasteiger partial charge is 0.341 e. The van der Waals surface area contributed by atoms with Crippen LogP contribution in [-0.2, 0) is 11.3 Å². The van der Waals surface area contributed by atoms with Gasteiger partial charge >= 0.3 is 5.97 Å². The molecule has 0 aliphatic carbocycles. The molecule has 0 saturated carbocycles. The normalized spacial score (nSPS) is 10.5. The first-order valence-corrected chi connectivity index (χ1v) is 6.95. The van der Waals surface area contributed by atoms with Crippen LogP contribution < -0.4 is 0 Å². The molecule has 0 unspecified atom stereocenters. The maximum Gasteiger partial charge on any atom is 0.341 e. The van der Waals surface area contributed by atoms with E-state index in [0.717, 1.165) is 11.1 Å². The summed E-state index contributed by atoms with van der Waals surface area (Å²) < 4.78 is 23.5. The lowest BCUT2D eigenvalue weighted by molar-refractivity contribution is 0.0424. The van der Waals surface area contributed by atoms with Gasteiger partial charge in [-0.3, -0.25) is 0 Å². The molecule has 5 nitrogen and oxygen atoms in total. The standard InChI is InChI=1S/C17H13FN2O3/c1-11-6-2-3-7-12(11)16-19-15(23-20-16)10-22-17(21)13-8-4-5-9-14(13)18/h2-9H,10H2,1H3. The monoisotopic (exact) mass is 312 g/mol. The number of esters is 1. The molecule has 2 aromatic carbocycles. The molecule has 1 heterocycles. The molecule has 0 atom stereocenters. The number of aromatic nitrogens is 2. The summed E-state index contributed by atoms with van der Waals surface area (Å²) in [5, 5.41) is 3.86. The average Bonchev–Trinajstić information content (AvgIpc) is 3.02. The van der Waals surface area contributed by atoms with Gasteiger partial charge < -0.3 is 9.26 Å². The summed E-state index contributed by atoms with van der Waals surface area (Å²) >= 11 is 0. The van der Waals surface area contributed by atoms with Crippen molar-refractivity contribution in [2.45, 2.75) is 13.5 Å². The van der Waals surface area contributed by atoms with Crippen molar-refractivity contribution in [3.05, 3.63) is 71.4 Å². The Morgan fingerprint density at radius 1 is 1.17 bits per heavy atom. The molecule has 116 valence electrons. The van der Waals surface area contributed by atoms with Crippen molar-refractivity contribution in [2.75, 3.05) is 0 Å². The van der Waals surface area contributed by atoms with E-state index >= 15 is 0 Å². The molecule has 23 heavy (non-hydrogen) atoms. The van der Waals surface area contributed by atoms with Crippen LogP contribution in [0.5, 0.6) is 0 Å². The summed E-state index contributed by atoms with van der Waals surface area (Å²) in [4.78, 5) is 16.0. The maximum absolute atomic E-state index is 13.5. The topological polar surface area (TPSA) is 65.2 Å². The lowest BCUT2D eigenvalue weighted by Crippen LogP contribution is -2.07. The first-order chi connectivity index (χ1) is 11.1. The second-order valence-electron chi connectivity index (χ2n) is 4.88. The molecule has 3 rings (SSSR count). The van der Waals surface area contributed by atoms with E-state index in [1.807, 2.05) is 31.2 Å². The van der Waals surface area contributed by atoms with Gasteiger partial charge in [0.25, 0.3) is 5.89 Å². The minimum absolute atomic E-state index is 0.133. The van der Waals surface area contributed by atoms with Crippen LogP contribution in [0.3, 0.4) is 0 Å². The number of aryl methyl sites for hydroxylation is 1. The van der Waals surface area contributed by atoms with Gasteiger partial charge in [-0.05, 0) is 24.6 Å². The first kappa shape index (κ1) is 14.9. The number of carbonyl (C=O) groups is 1. The van der Waals surface area contributed by atoms with Gasteiger partial charge in [-0.1, -0.05) is 41.6 Å². The van der Waals surface area contributed by atoms with Gasteiger partial charge in [0.05, 0.1) is 5.56 Å². The Morgan fingerprint density at radius 3 is 2.70 bits per heavy atom. The van der Waals surface area contributed by atoms with E-state index in [1.165, 1.54) is 18.2 Å². The highest BCUT2D eigenvalue weighted by atomic mass is 19.1. The minimum Gasteiger partial charge on any atom is -0.452 e. The van der Waals surface area contributed by atoms with Gasteiger partial charge in [0, 0.05) is 5.56 Å². The predicted molar refractivity (Wildman–Crippen MR) is 80.0 cm³/mol. The average molecular weight is 312 g/mol. The van der Waals surface area contributed by atoms with Crippen LogP contribution in [0.2, 0.25) is 0 Å². The number of nitrogens with zero attached hydrogens (tertiary/aromatic N) is 2. The highest BCUT2D eigenvalue weighted by Gasteiger charge is 2.15. The third kappa shape index (κ3) is 3.26. The molecule has 3 aromatic rings. The van der Waals surface area contributed by atoms with Crippen LogP contribution in [0, 0.1) is 12.7 Å². The third-order valence-electron chi connectivity index (χ3n) is 3.27. The zero-order valence-corrected chi connectivity index (χ0v) is 12.3. The van der Waals surface area contributed by atoms with Crippen molar-refractivity contribution < 1.29 is 18.4 Å². The summed E-state index contributed by atoms with van der Waals surface area (Å²) in [5.74, 6) is -0.852. The molecule has 0 amide bonds. The van der Waals surface area contributed by atoms with E-state index in [1.54, 1.807) is 6.07 Å². The number of halogens is 1. The molecule has 0 saturated heterocycles. The predicted octanol–water partition coefficient (Wildman–Crippen LogP) is 3.54. The van der Waals surface area contributed by atoms with Crippen molar-refractivity contribution in [1.82, 2.24) is 10.1 Å². The van der Waals surface area contributed by atoms with Crippen LogP contribution in [0.1, 0.15) is 21.8 Å². The number of benzene rings is 2. The van der Waals surface area contributed by atoms with Gasteiger partial charge in [0.2, 0.25) is 5.82 Å². The third-order valence-corrected chi connectivity index (χ3v) is 3.27. The molecule has 0 aliphatic rings. The highest BCUT2D eigenvalue weighted by molar-refractivity contribution is 5.89. The van der Waals surface area contributed by atoms with Crippen LogP contribution in [0.15, 0.2) is 53.1 Å². The summed E-state index contributed by atoms with van der Waals surface area (Å²) in [7, 11) is 0. The van der Waals surface area contributed by atoms with Crippen LogP contribution in [0.4, 0.5) is 4.39 Å². The lowest BCUT2D eigenvalue weighted by atomic mass is 10.1. The Morgan fingerprint density at radius 2 is 1.91 bits per heavy atom. The largest absolute Gasteiger partial charge is 0.452 e. The van der Waals surface area contributed by atoms with Crippen molar-refractivity contribution in [1.29, 1.82) is 0 Å². The van der Waals surface area contributed by atoms with Gasteiger partial charge in [-0.2, -0.15) is 4.98 Å². The van der Waals surface area contributed by atoms with E-state index in [4.69, 9.17) is 9.26 Å². The summed E-state index contributed by atoms with van der Waals surface area (Å²) in [6.45, 7) is 1.72. The lowest BCUT2D eigenvalue weighted by Gasteiger charge is -2.02. The molecule has 0 fully saturated rings. The van der Waals surface area contributed by atoms with E-state index in [0.29, 0.717) is 5.82 Å². The molecule has 0 N–H and O–H groups in total. The van der Waals surface area contributed by atoms with Crippen molar-refractivity contribution in [3.8, 4) is 11.4 Å². The summed E-state index contributed by atoms with van der Waals surface area (Å²) in [5.41, 5.74) is 1.71. The quantitative estimate of drug-likeness (QED) is 0.689. The fourth-order valence-corrected chi connectivity index (χ4v) is 2.08. The zero-order valence-electron chi connectivity index (χ0n) is 12.3. The number of ether oxygens (including phenoxy) is 1. The SMILES string of the molecule is Cc1ccccc1-c1noc(COC(=O)c2ccccc2F)n1. The number of carbonyl (C=O) groups excluding carboxylic acids is 1. The zero-order chi connectivity index (χ0) is 16.2. The molecular formula is C17H13FN2O3. The van der Waals surface area contributed by atoms with E-state index < -0.39 is 11.8 Å². The van der Waals surface area contributed by atoms with Gasteiger partial charge in [-0.15, -0.1) is 0 Å². The molecule has 0 aliphatic heterocycles. The van der Waals surface area contributed by atoms with E-state index in [-0.39, 0.29) is 18.1 Å². The Bertz CT molecular complexity index is 845. The number of hydrogen-bond donors (Lipinski definition) is 0. The molecule has 0 bridgehead atoms. The van der Waals surface area contributed by atoms with Crippen molar-refractivity contribution >= 4 is 5.97 Å². The fourth-order valence-electron chi connectivity index (χ4n) is 2.08. The summed E-state index contributed by atoms with van der Waals surface area (Å²) in [6, 6.07) is 13.2. The van der Waals surface area contributed by atoms with E-state index in [9.17, 15) is 9.18 Å². The fraction of sp³-hybridized carbons (Fsp3) is 0.118. The summed E-state index contributed by atoms with van der Waals surface area (Å²) in [6.07, 6.45) is 0. The Balaban J connectivity index is 1.70. The van der Waals surface area contributed by atoms with Crippen LogP contribution in [0.25, 0.3) is 11.4 Å². The van der Waals surface area contributed by atoms with Gasteiger partial charge in [-0.25, -0.2) is 9.18 Å². The second-order valence-corrected chi connectivity index (χ2v) is 4.88. The molecule has 0 radical (unpaired) electrons. The maximum atomic E-state index is 13.5. The van der Waals surface area contributed by atoms with E-state index in [2.05, 4.69) is 10.1 Å². The van der Waals surface area contributed by atoms with Crippen LogP contribution in [-0.4, -0.2) is 16.1 Å². The number of hydrogen-bond acceptors (Lipinski definition) is 5. The number of rotatable bonds is 4. The first-order valence-electron chi connectivity index (χ1n) is 6.95. The minimum atomic E-state index is -0.779. The van der Waals surface area contributed by atoms with Crippen molar-refractivity contribution in [2.24, 2.45) is 0 Å². The van der Waals surface area contributed by atoms with Crippen LogP contribution >= 0.6 is 0 Å². The Kier molecular flexibility index (Phi) is 4.14. The van der Waals surface area contributed by atoms with Crippen molar-refractivity contribution in [3.63, 3.8) is 0 Å². The Labute approximate surface area is 131 Å². The Hall–Kier alpha value is -3.02. The molecule has 6 heteroatoms. The molecule has 1 aromatic heterocycles. The second kappa shape index (κ2) is 6.39. The molecular weight excluding hydrogens is 299 g/mol. The van der Waals surface area contributed by atoms with Gasteiger partial charge in [0.1, 0.15) is 5.82 Å².